The van der Waals surface area contributed by atoms with E-state index in [1.54, 1.807) is 42.8 Å². The molecule has 0 spiro atoms. The van der Waals surface area contributed by atoms with Gasteiger partial charge in [0.15, 0.2) is 5.78 Å². The Morgan fingerprint density at radius 3 is 2.57 bits per heavy atom. The van der Waals surface area contributed by atoms with Crippen molar-refractivity contribution < 1.29 is 14.3 Å². The molecule has 0 fully saturated rings. The predicted molar refractivity (Wildman–Crippen MR) is 133 cm³/mol. The summed E-state index contributed by atoms with van der Waals surface area (Å²) in [5.74, 6) is 1.17. The smallest absolute Gasteiger partial charge is 0.352 e. The fourth-order valence-electron chi connectivity index (χ4n) is 4.01. The van der Waals surface area contributed by atoms with Gasteiger partial charge >= 0.3 is 5.69 Å². The molecule has 5 aromatic rings. The maximum atomic E-state index is 13.3. The number of carbonyl (C=O) groups is 1. The number of thiophene rings is 1. The first kappa shape index (κ1) is 22.6. The lowest BCUT2D eigenvalue weighted by Gasteiger charge is -2.11. The maximum absolute atomic E-state index is 13.3. The number of para-hydroxylation sites is 1. The lowest BCUT2D eigenvalue weighted by atomic mass is 10.1. The zero-order chi connectivity index (χ0) is 24.5. The van der Waals surface area contributed by atoms with Crippen LogP contribution < -0.4 is 20.7 Å². The molecule has 5 rings (SSSR count). The van der Waals surface area contributed by atoms with E-state index in [0.29, 0.717) is 33.9 Å². The standard InChI is InChI=1S/C25H22N4O5S/c1-3-34-18-10-8-16(9-11-18)20(30)15-28-25(32)29-19-12-13-35-22(19)23(31)27(24(29)26-28)14-17-6-4-5-7-21(17)33-2/h4-13H,3,14-15H2,1-2H3. The lowest BCUT2D eigenvalue weighted by molar-refractivity contribution is 0.0966. The van der Waals surface area contributed by atoms with E-state index in [4.69, 9.17) is 9.47 Å². The van der Waals surface area contributed by atoms with Crippen molar-refractivity contribution in [3.63, 3.8) is 0 Å². The number of rotatable bonds is 8. The van der Waals surface area contributed by atoms with Crippen molar-refractivity contribution in [3.8, 4) is 11.5 Å². The molecule has 10 heteroatoms. The van der Waals surface area contributed by atoms with E-state index in [2.05, 4.69) is 5.10 Å². The topological polar surface area (TPSA) is 96.8 Å². The predicted octanol–water partition coefficient (Wildman–Crippen LogP) is 3.21. The molecule has 0 aliphatic carbocycles. The van der Waals surface area contributed by atoms with Gasteiger partial charge in [-0.05, 0) is 48.7 Å². The second-order valence-corrected chi connectivity index (χ2v) is 8.71. The third kappa shape index (κ3) is 4.01. The van der Waals surface area contributed by atoms with Gasteiger partial charge < -0.3 is 9.47 Å². The van der Waals surface area contributed by atoms with Gasteiger partial charge in [-0.25, -0.2) is 13.9 Å². The number of hydrogen-bond acceptors (Lipinski definition) is 7. The van der Waals surface area contributed by atoms with Crippen LogP contribution in [-0.2, 0) is 13.1 Å². The summed E-state index contributed by atoms with van der Waals surface area (Å²) >= 11 is 1.26. The zero-order valence-corrected chi connectivity index (χ0v) is 19.9. The molecule has 0 N–H and O–H groups in total. The van der Waals surface area contributed by atoms with Gasteiger partial charge in [0, 0.05) is 11.1 Å². The molecule has 3 heterocycles. The Bertz CT molecular complexity index is 1660. The first-order valence-corrected chi connectivity index (χ1v) is 11.9. The maximum Gasteiger partial charge on any atom is 0.352 e. The molecule has 0 aliphatic rings. The van der Waals surface area contributed by atoms with Gasteiger partial charge in [0.25, 0.3) is 5.56 Å². The minimum Gasteiger partial charge on any atom is -0.496 e. The van der Waals surface area contributed by atoms with Gasteiger partial charge in [0.1, 0.15) is 22.7 Å². The Hall–Kier alpha value is -4.18. The number of hydrogen-bond donors (Lipinski definition) is 0. The number of ketones is 1. The molecule has 9 nitrogen and oxygen atoms in total. The van der Waals surface area contributed by atoms with Crippen molar-refractivity contribution in [1.29, 1.82) is 0 Å². The number of methoxy groups -OCH3 is 1. The summed E-state index contributed by atoms with van der Waals surface area (Å²) in [7, 11) is 1.56. The van der Waals surface area contributed by atoms with Crippen LogP contribution in [0.1, 0.15) is 22.8 Å². The second-order valence-electron chi connectivity index (χ2n) is 7.79. The molecule has 0 unspecified atom stereocenters. The van der Waals surface area contributed by atoms with Crippen LogP contribution in [-0.4, -0.2) is 38.2 Å². The summed E-state index contributed by atoms with van der Waals surface area (Å²) in [6.45, 7) is 2.30. The first-order valence-electron chi connectivity index (χ1n) is 11.0. The fourth-order valence-corrected chi connectivity index (χ4v) is 4.84. The summed E-state index contributed by atoms with van der Waals surface area (Å²) in [5.41, 5.74) is 0.919. The number of nitrogens with zero attached hydrogens (tertiary/aromatic N) is 4. The average molecular weight is 491 g/mol. The SMILES string of the molecule is CCOc1ccc(C(=O)Cn2nc3n(Cc4ccccc4OC)c(=O)c4sccc4n3c2=O)cc1. The van der Waals surface area contributed by atoms with Gasteiger partial charge in [-0.1, -0.05) is 18.2 Å². The van der Waals surface area contributed by atoms with E-state index in [-0.39, 0.29) is 30.2 Å². The van der Waals surface area contributed by atoms with Crippen LogP contribution in [0.2, 0.25) is 0 Å². The van der Waals surface area contributed by atoms with Crippen LogP contribution in [0.3, 0.4) is 0 Å². The molecule has 0 radical (unpaired) electrons. The van der Waals surface area contributed by atoms with Gasteiger partial charge in [0.2, 0.25) is 5.78 Å². The highest BCUT2D eigenvalue weighted by Crippen LogP contribution is 2.21. The van der Waals surface area contributed by atoms with E-state index in [1.165, 1.54) is 20.3 Å². The third-order valence-electron chi connectivity index (χ3n) is 5.69. The van der Waals surface area contributed by atoms with Crippen LogP contribution in [0.5, 0.6) is 11.5 Å². The third-order valence-corrected chi connectivity index (χ3v) is 6.58. The summed E-state index contributed by atoms with van der Waals surface area (Å²) in [6, 6.07) is 15.8. The quantitative estimate of drug-likeness (QED) is 0.310. The summed E-state index contributed by atoms with van der Waals surface area (Å²) in [5, 5.41) is 6.17. The number of aromatic nitrogens is 4. The van der Waals surface area contributed by atoms with E-state index in [1.807, 2.05) is 31.2 Å². The van der Waals surface area contributed by atoms with Gasteiger partial charge in [-0.2, -0.15) is 0 Å². The van der Waals surface area contributed by atoms with Gasteiger partial charge in [0.05, 0.1) is 25.8 Å². The Balaban J connectivity index is 1.60. The largest absolute Gasteiger partial charge is 0.496 e. The van der Waals surface area contributed by atoms with Gasteiger partial charge in [-0.15, -0.1) is 16.4 Å². The van der Waals surface area contributed by atoms with Crippen molar-refractivity contribution in [1.82, 2.24) is 18.7 Å². The Morgan fingerprint density at radius 2 is 1.83 bits per heavy atom. The molecule has 0 aliphatic heterocycles. The molecular weight excluding hydrogens is 468 g/mol. The molecule has 0 bridgehead atoms. The van der Waals surface area contributed by atoms with Crippen LogP contribution in [0.15, 0.2) is 69.6 Å². The summed E-state index contributed by atoms with van der Waals surface area (Å²) in [4.78, 5) is 39.6. The fraction of sp³-hybridized carbons (Fsp3) is 0.200. The Morgan fingerprint density at radius 1 is 1.06 bits per heavy atom. The van der Waals surface area contributed by atoms with Crippen LogP contribution in [0.4, 0.5) is 0 Å². The second kappa shape index (κ2) is 9.22. The number of carbonyl (C=O) groups excluding carboxylic acids is 1. The lowest BCUT2D eigenvalue weighted by Crippen LogP contribution is -2.27. The highest BCUT2D eigenvalue weighted by atomic mass is 32.1. The number of ether oxygens (including phenoxy) is 2. The van der Waals surface area contributed by atoms with Crippen LogP contribution in [0, 0.1) is 0 Å². The molecule has 178 valence electrons. The summed E-state index contributed by atoms with van der Waals surface area (Å²) in [6.07, 6.45) is 0. The number of benzene rings is 2. The Kier molecular flexibility index (Phi) is 5.96. The summed E-state index contributed by atoms with van der Waals surface area (Å²) < 4.78 is 15.2. The van der Waals surface area contributed by atoms with E-state index >= 15 is 0 Å². The molecule has 3 aromatic heterocycles. The normalized spacial score (nSPS) is 11.3. The number of fused-ring (bicyclic) bond motifs is 3. The van der Waals surface area contributed by atoms with Crippen molar-refractivity contribution in [2.24, 2.45) is 0 Å². The highest BCUT2D eigenvalue weighted by molar-refractivity contribution is 7.17. The van der Waals surface area contributed by atoms with Crippen molar-refractivity contribution >= 4 is 33.1 Å². The number of Topliss-reactive ketones (excluding diaryl/α,β-unsaturated/α-hetero) is 1. The van der Waals surface area contributed by atoms with Crippen LogP contribution >= 0.6 is 11.3 Å². The Labute approximate surface area is 203 Å². The van der Waals surface area contributed by atoms with E-state index in [9.17, 15) is 14.4 Å². The molecule has 2 aromatic carbocycles. The molecule has 0 atom stereocenters. The van der Waals surface area contributed by atoms with E-state index < -0.39 is 5.69 Å². The van der Waals surface area contributed by atoms with Crippen molar-refractivity contribution in [2.75, 3.05) is 13.7 Å². The zero-order valence-electron chi connectivity index (χ0n) is 19.1. The van der Waals surface area contributed by atoms with E-state index in [0.717, 1.165) is 10.2 Å². The van der Waals surface area contributed by atoms with Gasteiger partial charge in [-0.3, -0.25) is 14.2 Å². The molecular formula is C25H22N4O5S. The average Bonchev–Trinajstić information content (AvgIpc) is 3.48. The minimum absolute atomic E-state index is 0.156. The monoisotopic (exact) mass is 490 g/mol. The molecule has 0 saturated carbocycles. The highest BCUT2D eigenvalue weighted by Gasteiger charge is 2.20. The first-order chi connectivity index (χ1) is 17.0. The van der Waals surface area contributed by atoms with Crippen LogP contribution in [0.25, 0.3) is 16.0 Å². The minimum atomic E-state index is -0.489. The molecule has 0 saturated heterocycles. The molecule has 35 heavy (non-hydrogen) atoms. The van der Waals surface area contributed by atoms with Crippen molar-refractivity contribution in [2.45, 2.75) is 20.0 Å². The van der Waals surface area contributed by atoms with Crippen molar-refractivity contribution in [3.05, 3.63) is 91.9 Å². The molecule has 0 amide bonds.